The van der Waals surface area contributed by atoms with Crippen molar-refractivity contribution in [3.8, 4) is 17.6 Å². The fourth-order valence-corrected chi connectivity index (χ4v) is 3.12. The second-order valence-electron chi connectivity index (χ2n) is 5.91. The predicted molar refractivity (Wildman–Crippen MR) is 83.1 cm³/mol. The molecule has 3 heteroatoms. The molecule has 1 aromatic rings. The van der Waals surface area contributed by atoms with E-state index in [-0.39, 0.29) is 29.8 Å². The number of nitriles is 1. The lowest BCUT2D eigenvalue weighted by Crippen LogP contribution is -2.17. The van der Waals surface area contributed by atoms with Crippen molar-refractivity contribution in [3.63, 3.8) is 0 Å². The molecule has 0 amide bonds. The van der Waals surface area contributed by atoms with E-state index in [2.05, 4.69) is 19.6 Å². The molecule has 2 rings (SSSR count). The van der Waals surface area contributed by atoms with Gasteiger partial charge < -0.3 is 10.2 Å². The van der Waals surface area contributed by atoms with E-state index in [4.69, 9.17) is 5.26 Å². The Labute approximate surface area is 125 Å². The second-order valence-corrected chi connectivity index (χ2v) is 5.91. The molecule has 3 nitrogen and oxygen atoms in total. The number of phenolic OH excluding ortho intramolecular Hbond substituents is 2. The van der Waals surface area contributed by atoms with Crippen molar-refractivity contribution in [2.45, 2.75) is 39.0 Å². The summed E-state index contributed by atoms with van der Waals surface area (Å²) in [5.74, 6) is 0.268. The number of hydrogen-bond acceptors (Lipinski definition) is 3. The van der Waals surface area contributed by atoms with Gasteiger partial charge in [0, 0.05) is 11.5 Å². The molecular formula is C18H21NO2. The molecule has 2 N–H and O–H groups in total. The van der Waals surface area contributed by atoms with Crippen LogP contribution >= 0.6 is 0 Å². The molecule has 1 aromatic carbocycles. The van der Waals surface area contributed by atoms with Crippen molar-refractivity contribution in [1.29, 1.82) is 5.26 Å². The topological polar surface area (TPSA) is 64.2 Å². The maximum Gasteiger partial charge on any atom is 0.123 e. The molecule has 0 aromatic heterocycles. The number of phenols is 2. The van der Waals surface area contributed by atoms with E-state index in [1.165, 1.54) is 5.57 Å². The Hall–Kier alpha value is -2.21. The third-order valence-corrected chi connectivity index (χ3v) is 4.19. The minimum atomic E-state index is -0.0626. The van der Waals surface area contributed by atoms with Crippen molar-refractivity contribution in [2.75, 3.05) is 0 Å². The maximum absolute atomic E-state index is 10.3. The molecule has 0 saturated carbocycles. The van der Waals surface area contributed by atoms with Crippen molar-refractivity contribution in [1.82, 2.24) is 0 Å². The Morgan fingerprint density at radius 2 is 2.00 bits per heavy atom. The minimum Gasteiger partial charge on any atom is -0.507 e. The van der Waals surface area contributed by atoms with E-state index in [0.717, 1.165) is 18.4 Å². The molecule has 0 spiro atoms. The van der Waals surface area contributed by atoms with Gasteiger partial charge in [-0.15, -0.1) is 0 Å². The first kappa shape index (κ1) is 15.2. The molecule has 2 atom stereocenters. The standard InChI is InChI=1S/C18H21NO2/c1-11(2)14-5-4-12(3)8-15(14)18-16(20)9-13(6-7-19)10-17(18)21/h8-10,14-15,20-21H,1,4-6H2,2-3H3/t14-,15+/m0/s1. The van der Waals surface area contributed by atoms with Crippen LogP contribution in [0.1, 0.15) is 43.7 Å². The summed E-state index contributed by atoms with van der Waals surface area (Å²) in [4.78, 5) is 0. The summed E-state index contributed by atoms with van der Waals surface area (Å²) in [5.41, 5.74) is 3.49. The summed E-state index contributed by atoms with van der Waals surface area (Å²) in [6.45, 7) is 8.11. The lowest BCUT2D eigenvalue weighted by atomic mass is 9.73. The number of hydrogen-bond donors (Lipinski definition) is 2. The van der Waals surface area contributed by atoms with Crippen LogP contribution in [0.15, 0.2) is 35.9 Å². The van der Waals surface area contributed by atoms with E-state index in [1.807, 2.05) is 13.0 Å². The van der Waals surface area contributed by atoms with Crippen LogP contribution in [0.25, 0.3) is 0 Å². The van der Waals surface area contributed by atoms with E-state index in [9.17, 15) is 10.2 Å². The highest BCUT2D eigenvalue weighted by atomic mass is 16.3. The Bertz CT molecular complexity index is 614. The summed E-state index contributed by atoms with van der Waals surface area (Å²) in [6.07, 6.45) is 4.27. The van der Waals surface area contributed by atoms with Gasteiger partial charge in [-0.05, 0) is 50.3 Å². The quantitative estimate of drug-likeness (QED) is 0.818. The Kier molecular flexibility index (Phi) is 4.37. The average Bonchev–Trinajstić information content (AvgIpc) is 2.38. The second kappa shape index (κ2) is 6.05. The number of benzene rings is 1. The Balaban J connectivity index is 2.51. The highest BCUT2D eigenvalue weighted by Crippen LogP contribution is 2.46. The Morgan fingerprint density at radius 1 is 1.38 bits per heavy atom. The molecular weight excluding hydrogens is 262 g/mol. The fraction of sp³-hybridized carbons (Fsp3) is 0.389. The van der Waals surface area contributed by atoms with Crippen LogP contribution < -0.4 is 0 Å². The Morgan fingerprint density at radius 3 is 2.52 bits per heavy atom. The van der Waals surface area contributed by atoms with Crippen LogP contribution in [0.2, 0.25) is 0 Å². The molecule has 0 saturated heterocycles. The fourth-order valence-electron chi connectivity index (χ4n) is 3.12. The number of aromatic hydroxyl groups is 2. The summed E-state index contributed by atoms with van der Waals surface area (Å²) >= 11 is 0. The normalized spacial score (nSPS) is 21.5. The van der Waals surface area contributed by atoms with E-state index < -0.39 is 0 Å². The van der Waals surface area contributed by atoms with E-state index in [1.54, 1.807) is 12.1 Å². The van der Waals surface area contributed by atoms with Gasteiger partial charge in [-0.1, -0.05) is 23.8 Å². The molecule has 0 bridgehead atoms. The van der Waals surface area contributed by atoms with Gasteiger partial charge in [0.25, 0.3) is 0 Å². The van der Waals surface area contributed by atoms with Gasteiger partial charge in [0.2, 0.25) is 0 Å². The van der Waals surface area contributed by atoms with Crippen molar-refractivity contribution < 1.29 is 10.2 Å². The van der Waals surface area contributed by atoms with E-state index >= 15 is 0 Å². The summed E-state index contributed by atoms with van der Waals surface area (Å²) in [6, 6.07) is 5.17. The summed E-state index contributed by atoms with van der Waals surface area (Å²) in [7, 11) is 0. The van der Waals surface area contributed by atoms with Crippen molar-refractivity contribution >= 4 is 0 Å². The van der Waals surface area contributed by atoms with Crippen LogP contribution in [-0.4, -0.2) is 10.2 Å². The molecule has 0 aliphatic heterocycles. The predicted octanol–water partition coefficient (Wildman–Crippen LogP) is 4.18. The molecule has 21 heavy (non-hydrogen) atoms. The van der Waals surface area contributed by atoms with Crippen LogP contribution in [0, 0.1) is 17.2 Å². The first-order chi connectivity index (χ1) is 9.93. The summed E-state index contributed by atoms with van der Waals surface area (Å²) in [5, 5.41) is 29.4. The molecule has 0 radical (unpaired) electrons. The molecule has 0 unspecified atom stereocenters. The highest BCUT2D eigenvalue weighted by molar-refractivity contribution is 5.52. The molecule has 1 aliphatic rings. The molecule has 110 valence electrons. The first-order valence-corrected chi connectivity index (χ1v) is 7.18. The molecule has 0 heterocycles. The van der Waals surface area contributed by atoms with Gasteiger partial charge in [-0.3, -0.25) is 0 Å². The monoisotopic (exact) mass is 283 g/mol. The van der Waals surface area contributed by atoms with Gasteiger partial charge in [0.05, 0.1) is 12.5 Å². The average molecular weight is 283 g/mol. The zero-order chi connectivity index (χ0) is 15.6. The molecule has 1 aliphatic carbocycles. The maximum atomic E-state index is 10.3. The van der Waals surface area contributed by atoms with Gasteiger partial charge in [0.15, 0.2) is 0 Å². The van der Waals surface area contributed by atoms with Gasteiger partial charge in [-0.2, -0.15) is 5.26 Å². The van der Waals surface area contributed by atoms with Gasteiger partial charge in [-0.25, -0.2) is 0 Å². The number of rotatable bonds is 3. The lowest BCUT2D eigenvalue weighted by molar-refractivity contribution is 0.406. The zero-order valence-electron chi connectivity index (χ0n) is 12.6. The van der Waals surface area contributed by atoms with E-state index in [0.29, 0.717) is 11.1 Å². The summed E-state index contributed by atoms with van der Waals surface area (Å²) < 4.78 is 0. The number of allylic oxidation sites excluding steroid dienone is 3. The SMILES string of the molecule is C=C(C)[C@@H]1CCC(C)=C[C@H]1c1c(O)cc(CC#N)cc1O. The first-order valence-electron chi connectivity index (χ1n) is 7.18. The highest BCUT2D eigenvalue weighted by Gasteiger charge is 2.29. The van der Waals surface area contributed by atoms with Crippen LogP contribution in [0.3, 0.4) is 0 Å². The minimum absolute atomic E-state index is 0.0578. The third kappa shape index (κ3) is 3.11. The lowest BCUT2D eigenvalue weighted by Gasteiger charge is -2.31. The van der Waals surface area contributed by atoms with Crippen molar-refractivity contribution in [2.24, 2.45) is 5.92 Å². The largest absolute Gasteiger partial charge is 0.507 e. The molecule has 0 fully saturated rings. The van der Waals surface area contributed by atoms with Crippen LogP contribution in [-0.2, 0) is 6.42 Å². The van der Waals surface area contributed by atoms with Crippen molar-refractivity contribution in [3.05, 3.63) is 47.1 Å². The number of nitrogens with zero attached hydrogens (tertiary/aromatic N) is 1. The van der Waals surface area contributed by atoms with Crippen LogP contribution in [0.4, 0.5) is 0 Å². The zero-order valence-corrected chi connectivity index (χ0v) is 12.6. The smallest absolute Gasteiger partial charge is 0.123 e. The van der Waals surface area contributed by atoms with Gasteiger partial charge in [0.1, 0.15) is 11.5 Å². The van der Waals surface area contributed by atoms with Crippen LogP contribution in [0.5, 0.6) is 11.5 Å². The third-order valence-electron chi connectivity index (χ3n) is 4.19. The van der Waals surface area contributed by atoms with Gasteiger partial charge >= 0.3 is 0 Å².